The third-order valence-electron chi connectivity index (χ3n) is 1.57. The molecule has 0 aliphatic carbocycles. The number of nitrogens with zero attached hydrogens (tertiary/aromatic N) is 1. The molecule has 0 saturated heterocycles. The molecule has 15 heavy (non-hydrogen) atoms. The Morgan fingerprint density at radius 2 is 2.33 bits per heavy atom. The van der Waals surface area contributed by atoms with Crippen molar-refractivity contribution in [2.75, 3.05) is 18.6 Å². The van der Waals surface area contributed by atoms with Crippen molar-refractivity contribution in [2.45, 2.75) is 17.9 Å². The van der Waals surface area contributed by atoms with E-state index in [1.54, 1.807) is 24.3 Å². The van der Waals surface area contributed by atoms with Crippen molar-refractivity contribution in [1.82, 2.24) is 9.97 Å². The number of thioether (sulfide) groups is 1. The fourth-order valence-electron chi connectivity index (χ4n) is 0.919. The topological polar surface area (TPSA) is 72.1 Å². The van der Waals surface area contributed by atoms with E-state index in [1.807, 2.05) is 0 Å². The van der Waals surface area contributed by atoms with E-state index in [0.717, 1.165) is 29.9 Å². The second kappa shape index (κ2) is 6.14. The van der Waals surface area contributed by atoms with E-state index in [-0.39, 0.29) is 6.61 Å². The number of nitrogens with one attached hydrogen (secondary N) is 1. The minimum Gasteiger partial charge on any atom is -0.340 e. The Hall–Kier alpha value is -0.530. The summed E-state index contributed by atoms with van der Waals surface area (Å²) in [4.78, 5) is 6.87. The molecule has 5 nitrogen and oxygen atoms in total. The molecule has 7 heteroatoms. The van der Waals surface area contributed by atoms with E-state index in [0.29, 0.717) is 0 Å². The maximum Gasteiger partial charge on any atom is 0.264 e. The smallest absolute Gasteiger partial charge is 0.264 e. The van der Waals surface area contributed by atoms with E-state index in [1.165, 1.54) is 0 Å². The summed E-state index contributed by atoms with van der Waals surface area (Å²) in [5.74, 6) is 0.926. The van der Waals surface area contributed by atoms with Gasteiger partial charge in [0.15, 0.2) is 0 Å². The van der Waals surface area contributed by atoms with Crippen LogP contribution in [0, 0.1) is 0 Å². The van der Waals surface area contributed by atoms with Gasteiger partial charge in [0.1, 0.15) is 0 Å². The van der Waals surface area contributed by atoms with Gasteiger partial charge in [-0.3, -0.25) is 4.18 Å². The zero-order chi connectivity index (χ0) is 11.1. The lowest BCUT2D eigenvalue weighted by atomic mass is 10.4. The summed E-state index contributed by atoms with van der Waals surface area (Å²) >= 11 is 1.66. The van der Waals surface area contributed by atoms with Crippen molar-refractivity contribution in [3.05, 3.63) is 12.5 Å². The van der Waals surface area contributed by atoms with Crippen molar-refractivity contribution < 1.29 is 12.6 Å². The Morgan fingerprint density at radius 1 is 1.53 bits per heavy atom. The average Bonchev–Trinajstić information content (AvgIpc) is 2.61. The van der Waals surface area contributed by atoms with Gasteiger partial charge in [0.05, 0.1) is 30.4 Å². The van der Waals surface area contributed by atoms with Crippen molar-refractivity contribution in [3.8, 4) is 0 Å². The molecule has 0 amide bonds. The summed E-state index contributed by atoms with van der Waals surface area (Å²) in [5.41, 5.74) is 0. The quantitative estimate of drug-likeness (QED) is 0.448. The molecule has 0 aliphatic heterocycles. The van der Waals surface area contributed by atoms with Crippen LogP contribution in [0.25, 0.3) is 0 Å². The summed E-state index contributed by atoms with van der Waals surface area (Å²) in [6.07, 6.45) is 6.12. The van der Waals surface area contributed by atoms with Crippen LogP contribution >= 0.6 is 11.8 Å². The average molecular weight is 250 g/mol. The van der Waals surface area contributed by atoms with Crippen LogP contribution in [0.3, 0.4) is 0 Å². The molecule has 1 aromatic rings. The van der Waals surface area contributed by atoms with Crippen LogP contribution in [-0.2, 0) is 14.3 Å². The number of imidazole rings is 1. The Bertz CT molecular complexity index is 361. The van der Waals surface area contributed by atoms with Crippen molar-refractivity contribution in [2.24, 2.45) is 0 Å². The molecule has 0 spiro atoms. The van der Waals surface area contributed by atoms with Crippen LogP contribution in [0.2, 0.25) is 0 Å². The molecule has 1 aromatic heterocycles. The standard InChI is InChI=1S/C8H14N2O3S2/c1-15(11,12)13-4-2-3-5-14-8-6-9-7-10-8/h6-7H,2-5H2,1H3,(H,9,10). The SMILES string of the molecule is CS(=O)(=O)OCCCCSc1cnc[nH]1. The van der Waals surface area contributed by atoms with E-state index in [4.69, 9.17) is 0 Å². The number of hydrogen-bond donors (Lipinski definition) is 1. The molecule has 0 saturated carbocycles. The molecule has 1 heterocycles. The molecule has 0 aromatic carbocycles. The van der Waals surface area contributed by atoms with Crippen LogP contribution in [0.15, 0.2) is 17.6 Å². The zero-order valence-electron chi connectivity index (χ0n) is 8.47. The normalized spacial score (nSPS) is 11.8. The van der Waals surface area contributed by atoms with Gasteiger partial charge in [-0.25, -0.2) is 4.98 Å². The molecular formula is C8H14N2O3S2. The van der Waals surface area contributed by atoms with Gasteiger partial charge in [0.2, 0.25) is 0 Å². The van der Waals surface area contributed by atoms with Crippen molar-refractivity contribution in [3.63, 3.8) is 0 Å². The van der Waals surface area contributed by atoms with Gasteiger partial charge in [-0.1, -0.05) is 0 Å². The molecule has 0 bridgehead atoms. The first-order chi connectivity index (χ1) is 7.08. The lowest BCUT2D eigenvalue weighted by Gasteiger charge is -2.00. The maximum atomic E-state index is 10.6. The van der Waals surface area contributed by atoms with Crippen LogP contribution in [0.5, 0.6) is 0 Å². The zero-order valence-corrected chi connectivity index (χ0v) is 10.1. The summed E-state index contributed by atoms with van der Waals surface area (Å²) in [6, 6.07) is 0. The number of hydrogen-bond acceptors (Lipinski definition) is 5. The highest BCUT2D eigenvalue weighted by molar-refractivity contribution is 7.99. The second-order valence-electron chi connectivity index (χ2n) is 3.00. The first kappa shape index (κ1) is 12.5. The van der Waals surface area contributed by atoms with Crippen LogP contribution in [0.1, 0.15) is 12.8 Å². The number of unbranched alkanes of at least 4 members (excludes halogenated alkanes) is 1. The lowest BCUT2D eigenvalue weighted by Crippen LogP contribution is -2.04. The Kier molecular flexibility index (Phi) is 5.13. The summed E-state index contributed by atoms with van der Waals surface area (Å²) in [5, 5.41) is 1.03. The highest BCUT2D eigenvalue weighted by atomic mass is 32.2. The largest absolute Gasteiger partial charge is 0.340 e. The number of H-pyrrole nitrogens is 1. The third-order valence-corrected chi connectivity index (χ3v) is 3.19. The minimum absolute atomic E-state index is 0.266. The van der Waals surface area contributed by atoms with Gasteiger partial charge >= 0.3 is 0 Å². The van der Waals surface area contributed by atoms with Crippen LogP contribution in [0.4, 0.5) is 0 Å². The molecule has 0 aliphatic rings. The van der Waals surface area contributed by atoms with Gasteiger partial charge in [-0.2, -0.15) is 8.42 Å². The minimum atomic E-state index is -3.28. The third kappa shape index (κ3) is 6.53. The molecule has 86 valence electrons. The highest BCUT2D eigenvalue weighted by Crippen LogP contribution is 2.15. The molecule has 0 radical (unpaired) electrons. The number of aromatic nitrogens is 2. The molecule has 0 unspecified atom stereocenters. The monoisotopic (exact) mass is 250 g/mol. The fraction of sp³-hybridized carbons (Fsp3) is 0.625. The Morgan fingerprint density at radius 3 is 2.93 bits per heavy atom. The van der Waals surface area contributed by atoms with Gasteiger partial charge in [-0.15, -0.1) is 11.8 Å². The fourth-order valence-corrected chi connectivity index (χ4v) is 2.18. The summed E-state index contributed by atoms with van der Waals surface area (Å²) < 4.78 is 25.8. The number of rotatable bonds is 7. The van der Waals surface area contributed by atoms with Gasteiger partial charge < -0.3 is 4.98 Å². The molecule has 0 fully saturated rings. The van der Waals surface area contributed by atoms with Crippen LogP contribution < -0.4 is 0 Å². The first-order valence-corrected chi connectivity index (χ1v) is 7.34. The summed E-state index contributed by atoms with van der Waals surface area (Å²) in [7, 11) is -3.28. The van der Waals surface area contributed by atoms with E-state index in [2.05, 4.69) is 14.2 Å². The van der Waals surface area contributed by atoms with Gasteiger partial charge in [0, 0.05) is 0 Å². The van der Waals surface area contributed by atoms with Gasteiger partial charge in [-0.05, 0) is 18.6 Å². The molecule has 0 atom stereocenters. The van der Waals surface area contributed by atoms with E-state index in [9.17, 15) is 8.42 Å². The predicted molar refractivity (Wildman–Crippen MR) is 59.3 cm³/mol. The van der Waals surface area contributed by atoms with E-state index >= 15 is 0 Å². The Balaban J connectivity index is 1.99. The maximum absolute atomic E-state index is 10.6. The lowest BCUT2D eigenvalue weighted by molar-refractivity contribution is 0.315. The highest BCUT2D eigenvalue weighted by Gasteiger charge is 2.00. The molecular weight excluding hydrogens is 236 g/mol. The van der Waals surface area contributed by atoms with Crippen LogP contribution in [-0.4, -0.2) is 37.0 Å². The predicted octanol–water partition coefficient (Wildman–Crippen LogP) is 1.26. The first-order valence-electron chi connectivity index (χ1n) is 4.53. The van der Waals surface area contributed by atoms with Gasteiger partial charge in [0.25, 0.3) is 10.1 Å². The molecule has 1 N–H and O–H groups in total. The Labute approximate surface area is 93.8 Å². The van der Waals surface area contributed by atoms with Crippen molar-refractivity contribution in [1.29, 1.82) is 0 Å². The van der Waals surface area contributed by atoms with E-state index < -0.39 is 10.1 Å². The summed E-state index contributed by atoms with van der Waals surface area (Å²) in [6.45, 7) is 0.266. The molecule has 1 rings (SSSR count). The second-order valence-corrected chi connectivity index (χ2v) is 5.78. The van der Waals surface area contributed by atoms with Crippen molar-refractivity contribution >= 4 is 21.9 Å². The number of aromatic amines is 1.